The normalized spacial score (nSPS) is 21.3. The molecule has 4 heteroatoms. The number of rotatable bonds is 2. The molecule has 2 unspecified atom stereocenters. The minimum Gasteiger partial charge on any atom is -0.384 e. The van der Waals surface area contributed by atoms with Crippen molar-refractivity contribution in [3.05, 3.63) is 29.6 Å². The summed E-state index contributed by atoms with van der Waals surface area (Å²) in [6.07, 6.45) is 7.76. The van der Waals surface area contributed by atoms with E-state index in [2.05, 4.69) is 23.7 Å². The average molecular weight is 286 g/mol. The lowest BCUT2D eigenvalue weighted by Gasteiger charge is -2.34. The lowest BCUT2D eigenvalue weighted by molar-refractivity contribution is 0.0672. The Balaban J connectivity index is 2.11. The van der Waals surface area contributed by atoms with Crippen molar-refractivity contribution in [3.8, 4) is 11.8 Å². The summed E-state index contributed by atoms with van der Waals surface area (Å²) in [5.41, 5.74) is 1.21. The summed E-state index contributed by atoms with van der Waals surface area (Å²) in [6.45, 7) is 2.05. The molecule has 4 nitrogen and oxygen atoms in total. The van der Waals surface area contributed by atoms with Gasteiger partial charge in [0, 0.05) is 31.0 Å². The highest BCUT2D eigenvalue weighted by Gasteiger charge is 2.26. The lowest BCUT2D eigenvalue weighted by atomic mass is 9.86. The van der Waals surface area contributed by atoms with E-state index < -0.39 is 0 Å². The van der Waals surface area contributed by atoms with Gasteiger partial charge < -0.3 is 10.0 Å². The number of pyridine rings is 1. The third-order valence-electron chi connectivity index (χ3n) is 4.07. The van der Waals surface area contributed by atoms with Crippen molar-refractivity contribution >= 4 is 5.91 Å². The van der Waals surface area contributed by atoms with E-state index in [-0.39, 0.29) is 12.5 Å². The summed E-state index contributed by atoms with van der Waals surface area (Å²) in [5.74, 6) is 6.03. The fourth-order valence-electron chi connectivity index (χ4n) is 2.89. The molecule has 0 bridgehead atoms. The number of aromatic nitrogens is 1. The number of amides is 1. The first-order valence-electron chi connectivity index (χ1n) is 7.43. The van der Waals surface area contributed by atoms with Crippen molar-refractivity contribution in [2.45, 2.75) is 38.6 Å². The van der Waals surface area contributed by atoms with Gasteiger partial charge in [-0.25, -0.2) is 0 Å². The molecule has 1 aliphatic rings. The predicted molar refractivity (Wildman–Crippen MR) is 81.7 cm³/mol. The van der Waals surface area contributed by atoms with Crippen LogP contribution in [0.5, 0.6) is 0 Å². The van der Waals surface area contributed by atoms with Gasteiger partial charge in [0.1, 0.15) is 6.61 Å². The topological polar surface area (TPSA) is 53.4 Å². The number of hydrogen-bond acceptors (Lipinski definition) is 3. The van der Waals surface area contributed by atoms with Gasteiger partial charge in [-0.1, -0.05) is 31.6 Å². The third-order valence-corrected chi connectivity index (χ3v) is 4.07. The molecule has 112 valence electrons. The molecule has 1 N–H and O–H groups in total. The van der Waals surface area contributed by atoms with E-state index in [9.17, 15) is 4.79 Å². The van der Waals surface area contributed by atoms with E-state index in [0.717, 1.165) is 12.8 Å². The van der Waals surface area contributed by atoms with Gasteiger partial charge in [0.05, 0.1) is 5.56 Å². The molecule has 0 aliphatic heterocycles. The Bertz CT molecular complexity index is 559. The maximum absolute atomic E-state index is 12.6. The van der Waals surface area contributed by atoms with Gasteiger partial charge in [0.2, 0.25) is 0 Å². The van der Waals surface area contributed by atoms with E-state index in [0.29, 0.717) is 23.1 Å². The molecular weight excluding hydrogens is 264 g/mol. The van der Waals surface area contributed by atoms with Crippen molar-refractivity contribution in [1.29, 1.82) is 0 Å². The fourth-order valence-corrected chi connectivity index (χ4v) is 2.89. The number of carbonyl (C=O) groups excluding carboxylic acids is 1. The number of aliphatic hydroxyl groups is 1. The molecule has 1 heterocycles. The first kappa shape index (κ1) is 15.5. The van der Waals surface area contributed by atoms with Gasteiger partial charge in [-0.15, -0.1) is 0 Å². The molecule has 1 aromatic heterocycles. The first-order chi connectivity index (χ1) is 10.1. The maximum atomic E-state index is 12.6. The van der Waals surface area contributed by atoms with Crippen molar-refractivity contribution < 1.29 is 9.90 Å². The quantitative estimate of drug-likeness (QED) is 0.847. The van der Waals surface area contributed by atoms with Crippen LogP contribution in [0.15, 0.2) is 18.5 Å². The number of hydrogen-bond donors (Lipinski definition) is 1. The van der Waals surface area contributed by atoms with Gasteiger partial charge in [0.25, 0.3) is 5.91 Å². The Morgan fingerprint density at radius 1 is 1.48 bits per heavy atom. The molecule has 1 aromatic rings. The van der Waals surface area contributed by atoms with Crippen molar-refractivity contribution in [2.75, 3.05) is 13.7 Å². The first-order valence-corrected chi connectivity index (χ1v) is 7.43. The van der Waals surface area contributed by atoms with Crippen LogP contribution in [0.1, 0.15) is 48.5 Å². The number of nitrogens with zero attached hydrogens (tertiary/aromatic N) is 2. The average Bonchev–Trinajstić information content (AvgIpc) is 2.51. The van der Waals surface area contributed by atoms with Gasteiger partial charge in [-0.3, -0.25) is 9.78 Å². The highest BCUT2D eigenvalue weighted by molar-refractivity contribution is 5.94. The second kappa shape index (κ2) is 7.24. The summed E-state index contributed by atoms with van der Waals surface area (Å²) in [5, 5.41) is 8.72. The van der Waals surface area contributed by atoms with E-state index in [1.165, 1.54) is 12.8 Å². The summed E-state index contributed by atoms with van der Waals surface area (Å²) in [6, 6.07) is 2.05. The molecular formula is C17H22N2O2. The number of carbonyl (C=O) groups is 1. The highest BCUT2D eigenvalue weighted by Crippen LogP contribution is 2.27. The van der Waals surface area contributed by atoms with Crippen LogP contribution in [-0.2, 0) is 0 Å². The molecule has 0 radical (unpaired) electrons. The molecule has 2 rings (SSSR count). The minimum atomic E-state index is -0.196. The predicted octanol–water partition coefficient (Wildman–Crippen LogP) is 2.08. The molecule has 0 aromatic carbocycles. The molecule has 2 atom stereocenters. The summed E-state index contributed by atoms with van der Waals surface area (Å²) >= 11 is 0. The van der Waals surface area contributed by atoms with E-state index in [4.69, 9.17) is 5.11 Å². The summed E-state index contributed by atoms with van der Waals surface area (Å²) < 4.78 is 0. The largest absolute Gasteiger partial charge is 0.384 e. The van der Waals surface area contributed by atoms with Gasteiger partial charge >= 0.3 is 0 Å². The monoisotopic (exact) mass is 286 g/mol. The Kier molecular flexibility index (Phi) is 5.35. The van der Waals surface area contributed by atoms with E-state index in [1.807, 2.05) is 11.9 Å². The number of aliphatic hydroxyl groups excluding tert-OH is 1. The van der Waals surface area contributed by atoms with Crippen LogP contribution in [0.25, 0.3) is 0 Å². The van der Waals surface area contributed by atoms with Crippen molar-refractivity contribution in [1.82, 2.24) is 9.88 Å². The van der Waals surface area contributed by atoms with Crippen LogP contribution in [-0.4, -0.2) is 40.6 Å². The van der Waals surface area contributed by atoms with Crippen molar-refractivity contribution in [2.24, 2.45) is 5.92 Å². The highest BCUT2D eigenvalue weighted by atomic mass is 16.2. The molecule has 1 saturated carbocycles. The molecule has 21 heavy (non-hydrogen) atoms. The molecule has 0 saturated heterocycles. The maximum Gasteiger partial charge on any atom is 0.255 e. The Hall–Kier alpha value is -1.86. The standard InChI is InChI=1S/C17H22N2O2/c1-13-5-3-7-16(9-13)19(2)17(21)15-10-14(6-4-8-20)11-18-12-15/h10-13,16,20H,3,5,7-9H2,1-2H3. The van der Waals surface area contributed by atoms with Crippen LogP contribution in [0.3, 0.4) is 0 Å². The van der Waals surface area contributed by atoms with Crippen LogP contribution in [0.2, 0.25) is 0 Å². The molecule has 0 spiro atoms. The zero-order valence-electron chi connectivity index (χ0n) is 12.7. The zero-order chi connectivity index (χ0) is 15.2. The Morgan fingerprint density at radius 3 is 3.00 bits per heavy atom. The zero-order valence-corrected chi connectivity index (χ0v) is 12.7. The van der Waals surface area contributed by atoms with Crippen LogP contribution < -0.4 is 0 Å². The Labute approximate surface area is 126 Å². The Morgan fingerprint density at radius 2 is 2.29 bits per heavy atom. The second-order valence-electron chi connectivity index (χ2n) is 5.76. The minimum absolute atomic E-state index is 0.00533. The molecule has 1 aliphatic carbocycles. The van der Waals surface area contributed by atoms with Crippen molar-refractivity contribution in [3.63, 3.8) is 0 Å². The van der Waals surface area contributed by atoms with Crippen LogP contribution in [0, 0.1) is 17.8 Å². The fraction of sp³-hybridized carbons (Fsp3) is 0.529. The summed E-state index contributed by atoms with van der Waals surface area (Å²) in [7, 11) is 1.87. The molecule has 1 amide bonds. The molecule has 1 fully saturated rings. The van der Waals surface area contributed by atoms with E-state index >= 15 is 0 Å². The van der Waals surface area contributed by atoms with Gasteiger partial charge in [-0.05, 0) is 24.8 Å². The summed E-state index contributed by atoms with van der Waals surface area (Å²) in [4.78, 5) is 18.5. The van der Waals surface area contributed by atoms with E-state index in [1.54, 1.807) is 18.5 Å². The SMILES string of the molecule is CC1CCCC(N(C)C(=O)c2cncc(C#CCO)c2)C1. The van der Waals surface area contributed by atoms with Crippen LogP contribution >= 0.6 is 0 Å². The lowest BCUT2D eigenvalue weighted by Crippen LogP contribution is -2.39. The van der Waals surface area contributed by atoms with Crippen LogP contribution in [0.4, 0.5) is 0 Å². The van der Waals surface area contributed by atoms with Gasteiger partial charge in [0.15, 0.2) is 0 Å². The smallest absolute Gasteiger partial charge is 0.255 e. The third kappa shape index (κ3) is 4.05. The second-order valence-corrected chi connectivity index (χ2v) is 5.76. The van der Waals surface area contributed by atoms with Gasteiger partial charge in [-0.2, -0.15) is 0 Å².